The molecule has 1 aromatic heterocycles. The molecule has 3 rings (SSSR count). The number of hydrogen-bond acceptors (Lipinski definition) is 4. The van der Waals surface area contributed by atoms with Crippen LogP contribution in [0.2, 0.25) is 0 Å². The van der Waals surface area contributed by atoms with Crippen LogP contribution in [0.5, 0.6) is 0 Å². The van der Waals surface area contributed by atoms with E-state index in [1.54, 1.807) is 0 Å². The van der Waals surface area contributed by atoms with Crippen LogP contribution in [-0.4, -0.2) is 29.5 Å². The molecular formula is C17H29N3S. The molecule has 2 N–H and O–H groups in total. The third-order valence-corrected chi connectivity index (χ3v) is 6.24. The molecule has 1 saturated carbocycles. The van der Waals surface area contributed by atoms with Crippen molar-refractivity contribution in [2.75, 3.05) is 19.6 Å². The van der Waals surface area contributed by atoms with Gasteiger partial charge in [-0.1, -0.05) is 6.92 Å². The Kier molecular flexibility index (Phi) is 4.40. The number of nitrogens with zero attached hydrogens (tertiary/aromatic N) is 2. The van der Waals surface area contributed by atoms with Crippen molar-refractivity contribution in [3.8, 4) is 0 Å². The predicted molar refractivity (Wildman–Crippen MR) is 89.8 cm³/mol. The zero-order chi connectivity index (χ0) is 15.0. The first-order chi connectivity index (χ1) is 9.93. The Morgan fingerprint density at radius 3 is 2.48 bits per heavy atom. The molecule has 1 aliphatic carbocycles. The van der Waals surface area contributed by atoms with E-state index < -0.39 is 0 Å². The van der Waals surface area contributed by atoms with Crippen LogP contribution >= 0.6 is 11.3 Å². The first-order valence-corrected chi connectivity index (χ1v) is 9.26. The van der Waals surface area contributed by atoms with Crippen molar-refractivity contribution < 1.29 is 0 Å². The van der Waals surface area contributed by atoms with Crippen LogP contribution in [0.3, 0.4) is 0 Å². The van der Waals surface area contributed by atoms with E-state index in [1.807, 2.05) is 11.3 Å². The molecule has 1 saturated heterocycles. The summed E-state index contributed by atoms with van der Waals surface area (Å²) in [5, 5.41) is 1.30. The Hall–Kier alpha value is -0.450. The molecule has 0 unspecified atom stereocenters. The van der Waals surface area contributed by atoms with Crippen molar-refractivity contribution in [1.82, 2.24) is 9.88 Å². The van der Waals surface area contributed by atoms with E-state index in [0.29, 0.717) is 5.92 Å². The number of piperidine rings is 1. The smallest absolute Gasteiger partial charge is 0.0944 e. The summed E-state index contributed by atoms with van der Waals surface area (Å²) in [4.78, 5) is 8.88. The van der Waals surface area contributed by atoms with Gasteiger partial charge in [0.1, 0.15) is 0 Å². The molecule has 0 bridgehead atoms. The molecule has 2 aliphatic rings. The lowest BCUT2D eigenvalue weighted by Gasteiger charge is -2.29. The maximum Gasteiger partial charge on any atom is 0.0944 e. The summed E-state index contributed by atoms with van der Waals surface area (Å²) in [7, 11) is 0. The normalized spacial score (nSPS) is 21.9. The molecule has 0 aromatic carbocycles. The van der Waals surface area contributed by atoms with E-state index in [1.165, 1.54) is 54.4 Å². The third-order valence-electron chi connectivity index (χ3n) is 4.77. The molecule has 0 atom stereocenters. The fourth-order valence-electron chi connectivity index (χ4n) is 3.12. The molecule has 1 aromatic rings. The molecule has 0 radical (unpaired) electrons. The maximum atomic E-state index is 6.35. The molecule has 0 spiro atoms. The molecule has 4 heteroatoms. The summed E-state index contributed by atoms with van der Waals surface area (Å²) in [6.07, 6.45) is 6.40. The Bertz CT molecular complexity index is 477. The average molecular weight is 308 g/mol. The summed E-state index contributed by atoms with van der Waals surface area (Å²) in [6, 6.07) is 0. The zero-order valence-corrected chi connectivity index (χ0v) is 14.5. The monoisotopic (exact) mass is 307 g/mol. The standard InChI is InChI=1S/C17H29N3S/c1-12-6-9-20(10-7-12)11-8-14-19-15(13-4-5-13)16(21-14)17(2,3)18/h12-13H,4-11,18H2,1-3H3. The summed E-state index contributed by atoms with van der Waals surface area (Å²) in [5.74, 6) is 1.61. The second-order valence-electron chi connectivity index (χ2n) is 7.59. The molecule has 3 nitrogen and oxygen atoms in total. The largest absolute Gasteiger partial charge is 0.321 e. The summed E-state index contributed by atoms with van der Waals surface area (Å²) in [5.41, 5.74) is 7.42. The summed E-state index contributed by atoms with van der Waals surface area (Å²) >= 11 is 1.86. The van der Waals surface area contributed by atoms with Gasteiger partial charge >= 0.3 is 0 Å². The minimum atomic E-state index is -0.242. The molecular weight excluding hydrogens is 278 g/mol. The Morgan fingerprint density at radius 1 is 1.24 bits per heavy atom. The van der Waals surface area contributed by atoms with Gasteiger partial charge < -0.3 is 10.6 Å². The van der Waals surface area contributed by atoms with Crippen molar-refractivity contribution in [3.63, 3.8) is 0 Å². The topological polar surface area (TPSA) is 42.2 Å². The van der Waals surface area contributed by atoms with E-state index in [4.69, 9.17) is 10.7 Å². The van der Waals surface area contributed by atoms with E-state index >= 15 is 0 Å². The first-order valence-electron chi connectivity index (χ1n) is 8.45. The second kappa shape index (κ2) is 5.98. The van der Waals surface area contributed by atoms with Crippen LogP contribution in [0.15, 0.2) is 0 Å². The molecule has 118 valence electrons. The zero-order valence-electron chi connectivity index (χ0n) is 13.7. The lowest BCUT2D eigenvalue weighted by atomic mass is 9.99. The number of nitrogens with two attached hydrogens (primary N) is 1. The number of aromatic nitrogens is 1. The van der Waals surface area contributed by atoms with E-state index in [-0.39, 0.29) is 5.54 Å². The highest BCUT2D eigenvalue weighted by Gasteiger charge is 2.33. The van der Waals surface area contributed by atoms with Crippen molar-refractivity contribution >= 4 is 11.3 Å². The van der Waals surface area contributed by atoms with Crippen LogP contribution in [0.25, 0.3) is 0 Å². The Labute approximate surface area is 132 Å². The predicted octanol–water partition coefficient (Wildman–Crippen LogP) is 3.49. The van der Waals surface area contributed by atoms with Crippen molar-refractivity contribution in [1.29, 1.82) is 0 Å². The van der Waals surface area contributed by atoms with E-state index in [2.05, 4.69) is 25.7 Å². The number of thiazole rings is 1. The maximum absolute atomic E-state index is 6.35. The quantitative estimate of drug-likeness (QED) is 0.905. The van der Waals surface area contributed by atoms with Gasteiger partial charge in [-0.2, -0.15) is 0 Å². The molecule has 2 fully saturated rings. The molecule has 21 heavy (non-hydrogen) atoms. The van der Waals surface area contributed by atoms with Crippen molar-refractivity contribution in [2.45, 2.75) is 64.3 Å². The van der Waals surface area contributed by atoms with Gasteiger partial charge in [0, 0.05) is 29.3 Å². The minimum Gasteiger partial charge on any atom is -0.321 e. The van der Waals surface area contributed by atoms with Crippen LogP contribution in [0.1, 0.15) is 68.0 Å². The average Bonchev–Trinajstić information content (AvgIpc) is 3.17. The second-order valence-corrected chi connectivity index (χ2v) is 8.68. The van der Waals surface area contributed by atoms with Gasteiger partial charge in [0.2, 0.25) is 0 Å². The SMILES string of the molecule is CC1CCN(CCc2nc(C3CC3)c(C(C)(C)N)s2)CC1. The van der Waals surface area contributed by atoms with Gasteiger partial charge in [0.05, 0.1) is 10.7 Å². The number of hydrogen-bond donors (Lipinski definition) is 1. The summed E-state index contributed by atoms with van der Waals surface area (Å²) < 4.78 is 0. The van der Waals surface area contributed by atoms with Gasteiger partial charge in [-0.15, -0.1) is 11.3 Å². The molecule has 1 aliphatic heterocycles. The fraction of sp³-hybridized carbons (Fsp3) is 0.824. The van der Waals surface area contributed by atoms with E-state index in [9.17, 15) is 0 Å². The first kappa shape index (κ1) is 15.4. The number of likely N-dealkylation sites (tertiary alicyclic amines) is 1. The lowest BCUT2D eigenvalue weighted by Crippen LogP contribution is -2.34. The lowest BCUT2D eigenvalue weighted by molar-refractivity contribution is 0.194. The van der Waals surface area contributed by atoms with Gasteiger partial charge in [0.15, 0.2) is 0 Å². The van der Waals surface area contributed by atoms with Crippen LogP contribution in [-0.2, 0) is 12.0 Å². The third kappa shape index (κ3) is 3.85. The van der Waals surface area contributed by atoms with Crippen LogP contribution in [0, 0.1) is 5.92 Å². The van der Waals surface area contributed by atoms with Gasteiger partial charge in [-0.25, -0.2) is 4.98 Å². The molecule has 0 amide bonds. The summed E-state index contributed by atoms with van der Waals surface area (Å²) in [6.45, 7) is 10.3. The van der Waals surface area contributed by atoms with E-state index in [0.717, 1.165) is 18.9 Å². The Balaban J connectivity index is 1.63. The van der Waals surface area contributed by atoms with Crippen LogP contribution in [0.4, 0.5) is 0 Å². The van der Waals surface area contributed by atoms with Gasteiger partial charge in [-0.3, -0.25) is 0 Å². The Morgan fingerprint density at radius 2 is 1.90 bits per heavy atom. The highest BCUT2D eigenvalue weighted by molar-refractivity contribution is 7.11. The molecule has 2 heterocycles. The van der Waals surface area contributed by atoms with Gasteiger partial charge in [0.25, 0.3) is 0 Å². The number of rotatable bonds is 5. The highest BCUT2D eigenvalue weighted by Crippen LogP contribution is 2.45. The highest BCUT2D eigenvalue weighted by atomic mass is 32.1. The minimum absolute atomic E-state index is 0.242. The van der Waals surface area contributed by atoms with Crippen molar-refractivity contribution in [2.24, 2.45) is 11.7 Å². The van der Waals surface area contributed by atoms with Crippen molar-refractivity contribution in [3.05, 3.63) is 15.6 Å². The fourth-order valence-corrected chi connectivity index (χ4v) is 4.27. The van der Waals surface area contributed by atoms with Crippen LogP contribution < -0.4 is 5.73 Å². The van der Waals surface area contributed by atoms with Gasteiger partial charge in [-0.05, 0) is 58.5 Å².